The fraction of sp³-hybridized carbons (Fsp3) is 0.884. The van der Waals surface area contributed by atoms with Gasteiger partial charge in [-0.05, 0) is 83.5 Å². The van der Waals surface area contributed by atoms with Crippen LogP contribution in [-0.2, 0) is 14.3 Å². The molecule has 0 saturated heterocycles. The number of hydrogen-bond donors (Lipinski definition) is 3. The summed E-state index contributed by atoms with van der Waals surface area (Å²) in [6.07, 6.45) is 82.0. The van der Waals surface area contributed by atoms with E-state index in [1.54, 1.807) is 6.08 Å². The minimum Gasteiger partial charge on any atom is -0.466 e. The van der Waals surface area contributed by atoms with Gasteiger partial charge in [-0.1, -0.05) is 307 Å². The molecule has 0 aromatic heterocycles. The van der Waals surface area contributed by atoms with Gasteiger partial charge in [-0.3, -0.25) is 9.59 Å². The third-order valence-electron chi connectivity index (χ3n) is 15.6. The molecule has 6 nitrogen and oxygen atoms in total. The summed E-state index contributed by atoms with van der Waals surface area (Å²) in [5.41, 5.74) is 0. The molecule has 2 unspecified atom stereocenters. The Morgan fingerprint density at radius 3 is 0.947 bits per heavy atom. The zero-order valence-corrected chi connectivity index (χ0v) is 50.5. The van der Waals surface area contributed by atoms with Crippen LogP contribution in [0.5, 0.6) is 0 Å². The quantitative estimate of drug-likeness (QED) is 0.0320. The van der Waals surface area contributed by atoms with E-state index < -0.39 is 12.1 Å². The van der Waals surface area contributed by atoms with E-state index in [1.807, 2.05) is 6.08 Å². The number of ether oxygens (including phenoxy) is 1. The normalized spacial score (nSPS) is 12.7. The second kappa shape index (κ2) is 64.6. The molecule has 2 atom stereocenters. The highest BCUT2D eigenvalue weighted by Gasteiger charge is 2.18. The van der Waals surface area contributed by atoms with Crippen LogP contribution in [0.4, 0.5) is 0 Å². The summed E-state index contributed by atoms with van der Waals surface area (Å²) in [5, 5.41) is 23.2. The van der Waals surface area contributed by atoms with Crippen molar-refractivity contribution in [2.24, 2.45) is 0 Å². The molecule has 3 N–H and O–H groups in total. The van der Waals surface area contributed by atoms with Crippen molar-refractivity contribution in [3.8, 4) is 0 Å². The highest BCUT2D eigenvalue weighted by molar-refractivity contribution is 5.76. The number of aliphatic hydroxyl groups excluding tert-OH is 2. The van der Waals surface area contributed by atoms with Gasteiger partial charge in [0.2, 0.25) is 5.91 Å². The molecule has 0 fully saturated rings. The Bertz CT molecular complexity index is 1210. The molecular weight excluding hydrogens is 923 g/mol. The molecule has 0 aromatic carbocycles. The van der Waals surface area contributed by atoms with Gasteiger partial charge in [0, 0.05) is 12.8 Å². The number of unbranched alkanes of at least 4 members (excludes halogenated alkanes) is 48. The standard InChI is InChI=1S/C69H131NO5/c1-3-5-7-9-11-13-15-17-19-21-23-24-25-26-29-33-37-41-45-49-53-57-61-67(72)66(65-71)70-68(73)62-58-54-50-46-42-38-34-30-27-28-32-36-40-44-48-52-56-60-64-75-69(74)63-59-55-51-47-43-39-35-31-22-20-18-16-14-12-10-8-6-4-2/h20,22,30,34,57,61,66-67,71-72H,3-19,21,23-29,31-33,35-56,58-60,62-65H2,1-2H3,(H,70,73)/b22-20-,34-30-,61-57+. The lowest BCUT2D eigenvalue weighted by Crippen LogP contribution is -2.45. The van der Waals surface area contributed by atoms with Gasteiger partial charge in [-0.15, -0.1) is 0 Å². The van der Waals surface area contributed by atoms with Crippen molar-refractivity contribution in [2.45, 2.75) is 379 Å². The lowest BCUT2D eigenvalue weighted by atomic mass is 10.0. The van der Waals surface area contributed by atoms with E-state index in [0.29, 0.717) is 19.4 Å². The average molecular weight is 1050 g/mol. The first kappa shape index (κ1) is 73.1. The molecule has 0 spiro atoms. The topological polar surface area (TPSA) is 95.9 Å². The van der Waals surface area contributed by atoms with Crippen LogP contribution in [0.3, 0.4) is 0 Å². The van der Waals surface area contributed by atoms with Crippen LogP contribution in [0.15, 0.2) is 36.5 Å². The molecule has 0 bridgehead atoms. The molecule has 0 aliphatic heterocycles. The van der Waals surface area contributed by atoms with Gasteiger partial charge in [-0.2, -0.15) is 0 Å². The van der Waals surface area contributed by atoms with Crippen molar-refractivity contribution in [3.63, 3.8) is 0 Å². The van der Waals surface area contributed by atoms with Crippen molar-refractivity contribution in [2.75, 3.05) is 13.2 Å². The smallest absolute Gasteiger partial charge is 0.305 e. The van der Waals surface area contributed by atoms with Gasteiger partial charge in [0.1, 0.15) is 0 Å². The van der Waals surface area contributed by atoms with Crippen molar-refractivity contribution in [1.82, 2.24) is 5.32 Å². The minimum absolute atomic E-state index is 0.000214. The molecule has 0 radical (unpaired) electrons. The van der Waals surface area contributed by atoms with Crippen LogP contribution < -0.4 is 5.32 Å². The lowest BCUT2D eigenvalue weighted by molar-refractivity contribution is -0.143. The number of aliphatic hydroxyl groups is 2. The maximum atomic E-state index is 12.5. The Labute approximate surface area is 468 Å². The highest BCUT2D eigenvalue weighted by atomic mass is 16.5. The Kier molecular flexibility index (Phi) is 63.0. The number of rotatable bonds is 63. The molecule has 75 heavy (non-hydrogen) atoms. The lowest BCUT2D eigenvalue weighted by Gasteiger charge is -2.20. The summed E-state index contributed by atoms with van der Waals surface area (Å²) in [7, 11) is 0. The van der Waals surface area contributed by atoms with E-state index >= 15 is 0 Å². The first-order valence-corrected chi connectivity index (χ1v) is 33.8. The molecule has 1 amide bonds. The van der Waals surface area contributed by atoms with E-state index in [-0.39, 0.29) is 18.5 Å². The molecule has 0 saturated carbocycles. The number of amides is 1. The summed E-state index contributed by atoms with van der Waals surface area (Å²) in [4.78, 5) is 24.6. The third kappa shape index (κ3) is 61.2. The second-order valence-electron chi connectivity index (χ2n) is 23.1. The largest absolute Gasteiger partial charge is 0.466 e. The molecule has 0 aliphatic carbocycles. The van der Waals surface area contributed by atoms with Crippen LogP contribution in [0.25, 0.3) is 0 Å². The molecule has 0 aromatic rings. The van der Waals surface area contributed by atoms with Gasteiger partial charge in [0.15, 0.2) is 0 Å². The zero-order chi connectivity index (χ0) is 54.3. The SMILES string of the molecule is CCCCCCCCC/C=C\CCCCCCCCCC(=O)OCCCCCCCCCCC/C=C\CCCCCCCC(=O)NC(CO)C(O)/C=C/CCCCCCCCCCCCCCCCCCCCCC. The third-order valence-corrected chi connectivity index (χ3v) is 15.6. The van der Waals surface area contributed by atoms with Crippen LogP contribution in [0.1, 0.15) is 367 Å². The summed E-state index contributed by atoms with van der Waals surface area (Å²) < 4.78 is 5.49. The van der Waals surface area contributed by atoms with Gasteiger partial charge < -0.3 is 20.3 Å². The highest BCUT2D eigenvalue weighted by Crippen LogP contribution is 2.18. The van der Waals surface area contributed by atoms with Crippen LogP contribution in [0, 0.1) is 0 Å². The Morgan fingerprint density at radius 2 is 0.627 bits per heavy atom. The number of carbonyl (C=O) groups is 2. The fourth-order valence-corrected chi connectivity index (χ4v) is 10.4. The fourth-order valence-electron chi connectivity index (χ4n) is 10.4. The summed E-state index contributed by atoms with van der Waals surface area (Å²) in [6.45, 7) is 4.91. The number of allylic oxidation sites excluding steroid dienone is 5. The van der Waals surface area contributed by atoms with Crippen molar-refractivity contribution in [3.05, 3.63) is 36.5 Å². The number of hydrogen-bond acceptors (Lipinski definition) is 5. The maximum Gasteiger partial charge on any atom is 0.305 e. The summed E-state index contributed by atoms with van der Waals surface area (Å²) >= 11 is 0. The van der Waals surface area contributed by atoms with Gasteiger partial charge in [0.25, 0.3) is 0 Å². The van der Waals surface area contributed by atoms with E-state index in [2.05, 4.69) is 43.5 Å². The Balaban J connectivity index is 3.47. The molecular formula is C69H131NO5. The van der Waals surface area contributed by atoms with Crippen LogP contribution in [0.2, 0.25) is 0 Å². The minimum atomic E-state index is -0.855. The van der Waals surface area contributed by atoms with Crippen molar-refractivity contribution in [1.29, 1.82) is 0 Å². The Hall–Kier alpha value is -1.92. The predicted molar refractivity (Wildman–Crippen MR) is 329 cm³/mol. The zero-order valence-electron chi connectivity index (χ0n) is 50.5. The van der Waals surface area contributed by atoms with Gasteiger partial charge in [-0.25, -0.2) is 0 Å². The Morgan fingerprint density at radius 1 is 0.360 bits per heavy atom. The van der Waals surface area contributed by atoms with E-state index in [4.69, 9.17) is 4.74 Å². The average Bonchev–Trinajstić information content (AvgIpc) is 3.41. The molecule has 0 aliphatic rings. The summed E-state index contributed by atoms with van der Waals surface area (Å²) in [6, 6.07) is -0.640. The van der Waals surface area contributed by atoms with E-state index in [0.717, 1.165) is 57.8 Å². The first-order valence-electron chi connectivity index (χ1n) is 33.8. The molecule has 0 rings (SSSR count). The van der Waals surface area contributed by atoms with Crippen molar-refractivity contribution >= 4 is 11.9 Å². The van der Waals surface area contributed by atoms with E-state index in [1.165, 1.54) is 283 Å². The van der Waals surface area contributed by atoms with E-state index in [9.17, 15) is 19.8 Å². The maximum absolute atomic E-state index is 12.5. The molecule has 0 heterocycles. The van der Waals surface area contributed by atoms with Gasteiger partial charge >= 0.3 is 5.97 Å². The number of esters is 1. The number of nitrogens with one attached hydrogen (secondary N) is 1. The second-order valence-corrected chi connectivity index (χ2v) is 23.1. The van der Waals surface area contributed by atoms with Crippen molar-refractivity contribution < 1.29 is 24.5 Å². The van der Waals surface area contributed by atoms with Crippen LogP contribution >= 0.6 is 0 Å². The van der Waals surface area contributed by atoms with Crippen LogP contribution in [-0.4, -0.2) is 47.4 Å². The molecule has 6 heteroatoms. The van der Waals surface area contributed by atoms with Gasteiger partial charge in [0.05, 0.1) is 25.4 Å². The predicted octanol–water partition coefficient (Wildman–Crippen LogP) is 21.5. The number of carbonyl (C=O) groups excluding carboxylic acids is 2. The monoisotopic (exact) mass is 1050 g/mol. The molecule has 442 valence electrons. The first-order chi connectivity index (χ1) is 37.0. The summed E-state index contributed by atoms with van der Waals surface area (Å²) in [5.74, 6) is -0.0795.